The highest BCUT2D eigenvalue weighted by Gasteiger charge is 2.49. The summed E-state index contributed by atoms with van der Waals surface area (Å²) in [5, 5.41) is 0. The summed E-state index contributed by atoms with van der Waals surface area (Å²) in [4.78, 5) is 39.2. The normalized spacial score (nSPS) is 15.4. The van der Waals surface area contributed by atoms with E-state index in [9.17, 15) is 40.7 Å². The molecular weight excluding hydrogens is 526 g/mol. The molecule has 1 aromatic carbocycles. The van der Waals surface area contributed by atoms with Crippen LogP contribution in [0, 0.1) is 0 Å². The van der Waals surface area contributed by atoms with Gasteiger partial charge in [0.25, 0.3) is 0 Å². The molecule has 38 heavy (non-hydrogen) atoms. The van der Waals surface area contributed by atoms with Gasteiger partial charge in [-0.05, 0) is 44.5 Å². The number of anilines is 1. The SMILES string of the molecule is CN(C)CCOc1ccc(C(=O)OC(=O)C(F)(F)F)c(N(C(=O)C(F)(F)F)C2CCOCC2)c1C(C)(C)C. The van der Waals surface area contributed by atoms with Gasteiger partial charge in [0.15, 0.2) is 0 Å². The minimum Gasteiger partial charge on any atom is -0.492 e. The zero-order valence-electron chi connectivity index (χ0n) is 21.6. The predicted molar refractivity (Wildman–Crippen MR) is 123 cm³/mol. The molecule has 0 atom stereocenters. The molecule has 1 aliphatic rings. The molecule has 0 bridgehead atoms. The van der Waals surface area contributed by atoms with Crippen LogP contribution in [0.2, 0.25) is 0 Å². The van der Waals surface area contributed by atoms with Gasteiger partial charge in [-0.3, -0.25) is 4.79 Å². The van der Waals surface area contributed by atoms with Crippen LogP contribution in [0.1, 0.15) is 49.5 Å². The largest absolute Gasteiger partial charge is 0.492 e. The van der Waals surface area contributed by atoms with Crippen molar-refractivity contribution < 1.29 is 54.9 Å². The second-order valence-electron chi connectivity index (χ2n) is 9.93. The van der Waals surface area contributed by atoms with E-state index in [0.29, 0.717) is 11.4 Å². The third kappa shape index (κ3) is 7.82. The highest BCUT2D eigenvalue weighted by molar-refractivity contribution is 6.08. The lowest BCUT2D eigenvalue weighted by Gasteiger charge is -2.39. The number of nitrogens with zero attached hydrogens (tertiary/aromatic N) is 2. The predicted octanol–water partition coefficient (Wildman–Crippen LogP) is 4.24. The van der Waals surface area contributed by atoms with Gasteiger partial charge in [-0.1, -0.05) is 20.8 Å². The fourth-order valence-corrected chi connectivity index (χ4v) is 3.90. The van der Waals surface area contributed by atoms with Crippen molar-refractivity contribution in [1.82, 2.24) is 4.90 Å². The molecule has 0 N–H and O–H groups in total. The van der Waals surface area contributed by atoms with E-state index in [2.05, 4.69) is 4.74 Å². The number of hydrogen-bond donors (Lipinski definition) is 0. The smallest absolute Gasteiger partial charge is 0.491 e. The van der Waals surface area contributed by atoms with Crippen LogP contribution in [-0.4, -0.2) is 81.6 Å². The Hall–Kier alpha value is -2.87. The Kier molecular flexibility index (Phi) is 9.81. The van der Waals surface area contributed by atoms with Gasteiger partial charge < -0.3 is 24.0 Å². The van der Waals surface area contributed by atoms with Gasteiger partial charge >= 0.3 is 30.2 Å². The van der Waals surface area contributed by atoms with Gasteiger partial charge in [-0.25, -0.2) is 9.59 Å². The summed E-state index contributed by atoms with van der Waals surface area (Å²) >= 11 is 0. The summed E-state index contributed by atoms with van der Waals surface area (Å²) in [6.07, 6.45) is -11.0. The molecule has 1 heterocycles. The number of likely N-dealkylation sites (N-methyl/N-ethyl adjacent to an activating group) is 1. The second-order valence-corrected chi connectivity index (χ2v) is 9.93. The van der Waals surface area contributed by atoms with Gasteiger partial charge in [-0.2, -0.15) is 26.3 Å². The van der Waals surface area contributed by atoms with E-state index < -0.39 is 52.9 Å². The summed E-state index contributed by atoms with van der Waals surface area (Å²) in [5.74, 6) is -7.03. The zero-order valence-corrected chi connectivity index (χ0v) is 21.6. The lowest BCUT2D eigenvalue weighted by Crippen LogP contribution is -2.50. The minimum absolute atomic E-state index is 0.00250. The lowest BCUT2D eigenvalue weighted by molar-refractivity contribution is -0.193. The summed E-state index contributed by atoms with van der Waals surface area (Å²) in [6, 6.07) is 0.951. The molecule has 0 radical (unpaired) electrons. The van der Waals surface area contributed by atoms with Gasteiger partial charge in [0.2, 0.25) is 0 Å². The maximum atomic E-state index is 13.9. The Morgan fingerprint density at radius 3 is 2.03 bits per heavy atom. The number of benzene rings is 1. The molecule has 1 aliphatic heterocycles. The summed E-state index contributed by atoms with van der Waals surface area (Å²) < 4.78 is 95.1. The van der Waals surface area contributed by atoms with Crippen molar-refractivity contribution in [1.29, 1.82) is 0 Å². The average molecular weight is 557 g/mol. The molecule has 0 saturated carbocycles. The van der Waals surface area contributed by atoms with Gasteiger partial charge in [0, 0.05) is 31.4 Å². The Morgan fingerprint density at radius 2 is 1.55 bits per heavy atom. The van der Waals surface area contributed by atoms with E-state index in [-0.39, 0.29) is 44.0 Å². The maximum Gasteiger partial charge on any atom is 0.491 e. The molecule has 1 aromatic rings. The third-order valence-corrected chi connectivity index (χ3v) is 5.58. The van der Waals surface area contributed by atoms with Crippen molar-refractivity contribution in [3.63, 3.8) is 0 Å². The first kappa shape index (κ1) is 31.3. The number of amides is 1. The van der Waals surface area contributed by atoms with Crippen molar-refractivity contribution in [2.75, 3.05) is 45.4 Å². The number of ether oxygens (including phenoxy) is 3. The Morgan fingerprint density at radius 1 is 0.974 bits per heavy atom. The maximum absolute atomic E-state index is 13.9. The topological polar surface area (TPSA) is 85.4 Å². The van der Waals surface area contributed by atoms with E-state index in [1.54, 1.807) is 39.8 Å². The van der Waals surface area contributed by atoms with Gasteiger partial charge in [0.05, 0.1) is 11.3 Å². The van der Waals surface area contributed by atoms with Crippen LogP contribution in [0.4, 0.5) is 32.0 Å². The summed E-state index contributed by atoms with van der Waals surface area (Å²) in [6.45, 7) is 5.18. The van der Waals surface area contributed by atoms with Crippen LogP contribution in [0.15, 0.2) is 12.1 Å². The van der Waals surface area contributed by atoms with Crippen LogP contribution >= 0.6 is 0 Å². The van der Waals surface area contributed by atoms with E-state index >= 15 is 0 Å². The van der Waals surface area contributed by atoms with E-state index in [0.717, 1.165) is 6.07 Å². The fourth-order valence-electron chi connectivity index (χ4n) is 3.90. The van der Waals surface area contributed by atoms with Crippen molar-refractivity contribution in [2.24, 2.45) is 0 Å². The van der Waals surface area contributed by atoms with E-state index in [4.69, 9.17) is 9.47 Å². The number of carbonyl (C=O) groups is 3. The molecule has 214 valence electrons. The molecule has 1 saturated heterocycles. The molecular formula is C24H30F6N2O6. The lowest BCUT2D eigenvalue weighted by atomic mass is 9.82. The molecule has 14 heteroatoms. The first-order valence-corrected chi connectivity index (χ1v) is 11.6. The first-order chi connectivity index (χ1) is 17.4. The van der Waals surface area contributed by atoms with Crippen LogP contribution in [-0.2, 0) is 24.5 Å². The summed E-state index contributed by atoms with van der Waals surface area (Å²) in [7, 11) is 3.51. The quantitative estimate of drug-likeness (QED) is 0.282. The minimum atomic E-state index is -5.54. The monoisotopic (exact) mass is 556 g/mol. The highest BCUT2D eigenvalue weighted by atomic mass is 19.4. The Bertz CT molecular complexity index is 1030. The average Bonchev–Trinajstić information content (AvgIpc) is 2.77. The molecule has 8 nitrogen and oxygen atoms in total. The van der Waals surface area contributed by atoms with Crippen molar-refractivity contribution in [2.45, 2.75) is 57.4 Å². The molecule has 0 aliphatic carbocycles. The number of carbonyl (C=O) groups excluding carboxylic acids is 3. The second kappa shape index (κ2) is 11.9. The third-order valence-electron chi connectivity index (χ3n) is 5.58. The molecule has 1 amide bonds. The van der Waals surface area contributed by atoms with Crippen LogP contribution < -0.4 is 9.64 Å². The van der Waals surface area contributed by atoms with Crippen LogP contribution in [0.25, 0.3) is 0 Å². The van der Waals surface area contributed by atoms with E-state index in [1.165, 1.54) is 6.07 Å². The Balaban J connectivity index is 2.86. The van der Waals surface area contributed by atoms with Crippen molar-refractivity contribution in [3.05, 3.63) is 23.3 Å². The van der Waals surface area contributed by atoms with Crippen LogP contribution in [0.5, 0.6) is 5.75 Å². The number of alkyl halides is 6. The molecule has 2 rings (SSSR count). The first-order valence-electron chi connectivity index (χ1n) is 11.6. The zero-order chi connectivity index (χ0) is 29.1. The van der Waals surface area contributed by atoms with Gasteiger partial charge in [0.1, 0.15) is 12.4 Å². The van der Waals surface area contributed by atoms with Crippen molar-refractivity contribution >= 4 is 23.5 Å². The molecule has 1 fully saturated rings. The molecule has 0 aromatic heterocycles. The number of halogens is 6. The summed E-state index contributed by atoms with van der Waals surface area (Å²) in [5.41, 5.74) is -2.59. The van der Waals surface area contributed by atoms with Crippen LogP contribution in [0.3, 0.4) is 0 Å². The number of hydrogen-bond acceptors (Lipinski definition) is 7. The van der Waals surface area contributed by atoms with Gasteiger partial charge in [-0.15, -0.1) is 0 Å². The molecule has 0 spiro atoms. The highest BCUT2D eigenvalue weighted by Crippen LogP contribution is 2.44. The Labute approximate surface area is 215 Å². The molecule has 0 unspecified atom stereocenters. The van der Waals surface area contributed by atoms with E-state index in [1.807, 2.05) is 0 Å². The standard InChI is InChI=1S/C24H30F6N2O6/c1-22(2,3)17-16(37-13-10-31(4)5)7-6-15(19(33)38-21(35)24(28,29)30)18(17)32(20(34)23(25,26)27)14-8-11-36-12-9-14/h6-7,14H,8-13H2,1-5H3. The number of esters is 2. The fraction of sp³-hybridized carbons (Fsp3) is 0.625. The van der Waals surface area contributed by atoms with Crippen molar-refractivity contribution in [3.8, 4) is 5.75 Å². The number of rotatable bonds is 7.